The molecule has 24 heavy (non-hydrogen) atoms. The first-order valence-electron chi connectivity index (χ1n) is 7.64. The van der Waals surface area contributed by atoms with Crippen LogP contribution in [-0.2, 0) is 11.0 Å². The molecule has 2 N–H and O–H groups in total. The predicted molar refractivity (Wildman–Crippen MR) is 83.3 cm³/mol. The number of nitriles is 1. The summed E-state index contributed by atoms with van der Waals surface area (Å²) in [7, 11) is 1.59. The van der Waals surface area contributed by atoms with Gasteiger partial charge in [-0.15, -0.1) is 0 Å². The van der Waals surface area contributed by atoms with Crippen LogP contribution in [0.15, 0.2) is 18.2 Å². The molecule has 1 aromatic rings. The largest absolute Gasteiger partial charge is 0.416 e. The van der Waals surface area contributed by atoms with Crippen LogP contribution in [0.25, 0.3) is 0 Å². The van der Waals surface area contributed by atoms with E-state index in [-0.39, 0.29) is 17.5 Å². The number of rotatable bonds is 4. The predicted octanol–water partition coefficient (Wildman–Crippen LogP) is 2.20. The first kappa shape index (κ1) is 18.1. The minimum absolute atomic E-state index is 0.0161. The van der Waals surface area contributed by atoms with E-state index in [2.05, 4.69) is 10.6 Å². The highest BCUT2D eigenvalue weighted by Crippen LogP contribution is 2.32. The molecule has 1 fully saturated rings. The Morgan fingerprint density at radius 1 is 1.38 bits per heavy atom. The second-order valence-electron chi connectivity index (χ2n) is 5.74. The first-order valence-corrected chi connectivity index (χ1v) is 7.64. The summed E-state index contributed by atoms with van der Waals surface area (Å²) in [5.74, 6) is -0.0454. The number of likely N-dealkylation sites (N-methyl/N-ethyl adjacent to an activating group) is 1. The lowest BCUT2D eigenvalue weighted by atomic mass is 10.0. The Labute approximate surface area is 138 Å². The van der Waals surface area contributed by atoms with Crippen molar-refractivity contribution in [1.82, 2.24) is 10.2 Å². The number of piperidine rings is 1. The molecule has 0 spiro atoms. The van der Waals surface area contributed by atoms with E-state index >= 15 is 0 Å². The fourth-order valence-corrected chi connectivity index (χ4v) is 2.68. The number of alkyl halides is 3. The van der Waals surface area contributed by atoms with E-state index in [1.54, 1.807) is 7.05 Å². The Hall–Kier alpha value is -2.27. The molecule has 5 nitrogen and oxygen atoms in total. The second-order valence-corrected chi connectivity index (χ2v) is 5.74. The maximum atomic E-state index is 12.7. The minimum atomic E-state index is -4.46. The van der Waals surface area contributed by atoms with Crippen LogP contribution in [0.2, 0.25) is 0 Å². The number of amides is 1. The number of nitrogens with one attached hydrogen (secondary N) is 2. The van der Waals surface area contributed by atoms with Gasteiger partial charge in [0.2, 0.25) is 5.91 Å². The highest BCUT2D eigenvalue weighted by molar-refractivity contribution is 5.77. The standard InChI is InChI=1S/C16H19F3N4O/c1-21-15(24)10-23-6-4-13(5-7-23)22-14-3-2-12(16(17,18)19)8-11(14)9-20/h2-3,8,13,22H,4-7,10H2,1H3,(H,21,24). The van der Waals surface area contributed by atoms with Crippen molar-refractivity contribution in [2.24, 2.45) is 0 Å². The Morgan fingerprint density at radius 2 is 2.04 bits per heavy atom. The molecule has 1 saturated heterocycles. The van der Waals surface area contributed by atoms with Crippen LogP contribution in [0.3, 0.4) is 0 Å². The van der Waals surface area contributed by atoms with Gasteiger partial charge in [0.1, 0.15) is 6.07 Å². The summed E-state index contributed by atoms with van der Waals surface area (Å²) in [6, 6.07) is 5.02. The Kier molecular flexibility index (Phi) is 5.67. The molecule has 1 heterocycles. The van der Waals surface area contributed by atoms with Crippen molar-refractivity contribution in [1.29, 1.82) is 5.26 Å². The minimum Gasteiger partial charge on any atom is -0.381 e. The second kappa shape index (κ2) is 7.53. The topological polar surface area (TPSA) is 68.2 Å². The van der Waals surface area contributed by atoms with Crippen molar-refractivity contribution >= 4 is 11.6 Å². The number of carbonyl (C=O) groups excluding carboxylic acids is 1. The molecule has 8 heteroatoms. The molecule has 0 unspecified atom stereocenters. The Balaban J connectivity index is 1.98. The molecule has 1 aliphatic rings. The van der Waals surface area contributed by atoms with Gasteiger partial charge in [0, 0.05) is 26.2 Å². The summed E-state index contributed by atoms with van der Waals surface area (Å²) < 4.78 is 38.1. The lowest BCUT2D eigenvalue weighted by Crippen LogP contribution is -2.43. The molecule has 130 valence electrons. The van der Waals surface area contributed by atoms with Gasteiger partial charge in [-0.05, 0) is 31.0 Å². The van der Waals surface area contributed by atoms with E-state index in [4.69, 9.17) is 5.26 Å². The van der Waals surface area contributed by atoms with Crippen LogP contribution in [-0.4, -0.2) is 43.5 Å². The third kappa shape index (κ3) is 4.61. The van der Waals surface area contributed by atoms with Crippen molar-refractivity contribution in [2.45, 2.75) is 25.1 Å². The van der Waals surface area contributed by atoms with E-state index in [9.17, 15) is 18.0 Å². The first-order chi connectivity index (χ1) is 11.3. The molecule has 2 rings (SSSR count). The number of hydrogen-bond acceptors (Lipinski definition) is 4. The number of halogens is 3. The van der Waals surface area contributed by atoms with Gasteiger partial charge < -0.3 is 10.6 Å². The molecule has 1 aliphatic heterocycles. The zero-order valence-corrected chi connectivity index (χ0v) is 13.3. The van der Waals surface area contributed by atoms with Crippen molar-refractivity contribution in [3.63, 3.8) is 0 Å². The van der Waals surface area contributed by atoms with Crippen LogP contribution in [0.1, 0.15) is 24.0 Å². The van der Waals surface area contributed by atoms with Gasteiger partial charge in [-0.2, -0.15) is 18.4 Å². The molecule has 1 amide bonds. The number of likely N-dealkylation sites (tertiary alicyclic amines) is 1. The van der Waals surface area contributed by atoms with Gasteiger partial charge in [0.15, 0.2) is 0 Å². The molecule has 0 saturated carbocycles. The molecular weight excluding hydrogens is 321 g/mol. The summed E-state index contributed by atoms with van der Waals surface area (Å²) in [5, 5.41) is 14.8. The summed E-state index contributed by atoms with van der Waals surface area (Å²) >= 11 is 0. The van der Waals surface area contributed by atoms with Gasteiger partial charge in [-0.25, -0.2) is 0 Å². The molecule has 1 aromatic carbocycles. The molecule has 0 radical (unpaired) electrons. The normalized spacial score (nSPS) is 16.5. The van der Waals surface area contributed by atoms with Crippen LogP contribution >= 0.6 is 0 Å². The fourth-order valence-electron chi connectivity index (χ4n) is 2.68. The number of carbonyl (C=O) groups is 1. The maximum Gasteiger partial charge on any atom is 0.416 e. The summed E-state index contributed by atoms with van der Waals surface area (Å²) in [5.41, 5.74) is -0.433. The van der Waals surface area contributed by atoms with Gasteiger partial charge in [-0.1, -0.05) is 0 Å². The molecular formula is C16H19F3N4O. The highest BCUT2D eigenvalue weighted by atomic mass is 19.4. The lowest BCUT2D eigenvalue weighted by molar-refractivity contribution is -0.137. The van der Waals surface area contributed by atoms with Crippen LogP contribution in [0, 0.1) is 11.3 Å². The molecule has 0 aromatic heterocycles. The maximum absolute atomic E-state index is 12.7. The van der Waals surface area contributed by atoms with Crippen molar-refractivity contribution in [2.75, 3.05) is 32.0 Å². The van der Waals surface area contributed by atoms with Crippen molar-refractivity contribution < 1.29 is 18.0 Å². The average Bonchev–Trinajstić information content (AvgIpc) is 2.55. The van der Waals surface area contributed by atoms with Gasteiger partial charge in [0.05, 0.1) is 23.4 Å². The zero-order chi connectivity index (χ0) is 17.7. The number of anilines is 1. The van der Waals surface area contributed by atoms with Gasteiger partial charge in [-0.3, -0.25) is 9.69 Å². The monoisotopic (exact) mass is 340 g/mol. The van der Waals surface area contributed by atoms with Crippen molar-refractivity contribution in [3.8, 4) is 6.07 Å². The summed E-state index contributed by atoms with van der Waals surface area (Å²) in [6.45, 7) is 1.77. The van der Waals surface area contributed by atoms with E-state index in [1.165, 1.54) is 6.07 Å². The SMILES string of the molecule is CNC(=O)CN1CCC(Nc2ccc(C(F)(F)F)cc2C#N)CC1. The molecule has 0 atom stereocenters. The fraction of sp³-hybridized carbons (Fsp3) is 0.500. The van der Waals surface area contributed by atoms with Crippen LogP contribution < -0.4 is 10.6 Å². The van der Waals surface area contributed by atoms with Crippen LogP contribution in [0.5, 0.6) is 0 Å². The highest BCUT2D eigenvalue weighted by Gasteiger charge is 2.31. The number of hydrogen-bond donors (Lipinski definition) is 2. The Morgan fingerprint density at radius 3 is 2.58 bits per heavy atom. The lowest BCUT2D eigenvalue weighted by Gasteiger charge is -2.32. The molecule has 0 bridgehead atoms. The smallest absolute Gasteiger partial charge is 0.381 e. The quantitative estimate of drug-likeness (QED) is 0.882. The average molecular weight is 340 g/mol. The van der Waals surface area contributed by atoms with E-state index in [0.29, 0.717) is 25.3 Å². The summed E-state index contributed by atoms with van der Waals surface area (Å²) in [4.78, 5) is 13.4. The van der Waals surface area contributed by atoms with Crippen LogP contribution in [0.4, 0.5) is 18.9 Å². The van der Waals surface area contributed by atoms with Gasteiger partial charge in [0.25, 0.3) is 0 Å². The van der Waals surface area contributed by atoms with E-state index in [1.807, 2.05) is 11.0 Å². The van der Waals surface area contributed by atoms with Crippen molar-refractivity contribution in [3.05, 3.63) is 29.3 Å². The summed E-state index contributed by atoms with van der Waals surface area (Å²) in [6.07, 6.45) is -2.96. The van der Waals surface area contributed by atoms with E-state index < -0.39 is 11.7 Å². The zero-order valence-electron chi connectivity index (χ0n) is 13.3. The Bertz CT molecular complexity index is 631. The number of benzene rings is 1. The number of nitrogens with zero attached hydrogens (tertiary/aromatic N) is 2. The van der Waals surface area contributed by atoms with Gasteiger partial charge >= 0.3 is 6.18 Å². The molecule has 0 aliphatic carbocycles. The third-order valence-corrected chi connectivity index (χ3v) is 4.06. The van der Waals surface area contributed by atoms with E-state index in [0.717, 1.165) is 25.0 Å². The third-order valence-electron chi connectivity index (χ3n) is 4.06.